The van der Waals surface area contributed by atoms with E-state index in [0.29, 0.717) is 10.8 Å². The van der Waals surface area contributed by atoms with Gasteiger partial charge in [-0.25, -0.2) is 0 Å². The maximum atomic E-state index is 8.25. The molecule has 1 aromatic rings. The van der Waals surface area contributed by atoms with Gasteiger partial charge in [0.15, 0.2) is 6.61 Å². The fourth-order valence-electron chi connectivity index (χ4n) is 0.702. The van der Waals surface area contributed by atoms with Gasteiger partial charge in [-0.05, 0) is 18.2 Å². The molecule has 0 saturated heterocycles. The van der Waals surface area contributed by atoms with E-state index in [1.54, 1.807) is 18.2 Å². The summed E-state index contributed by atoms with van der Waals surface area (Å²) in [6.45, 7) is 0.0152. The lowest BCUT2D eigenvalue weighted by Gasteiger charge is -2.03. The van der Waals surface area contributed by atoms with E-state index >= 15 is 0 Å². The SMILES string of the molecule is N#CCOc1ccc(Br)cc1Cl. The van der Waals surface area contributed by atoms with E-state index < -0.39 is 0 Å². The molecule has 0 saturated carbocycles. The van der Waals surface area contributed by atoms with Crippen molar-refractivity contribution in [2.75, 3.05) is 6.61 Å². The van der Waals surface area contributed by atoms with Gasteiger partial charge < -0.3 is 4.74 Å². The number of hydrogen-bond acceptors (Lipinski definition) is 2. The minimum atomic E-state index is 0.0152. The molecule has 0 N–H and O–H groups in total. The van der Waals surface area contributed by atoms with Crippen LogP contribution in [0.4, 0.5) is 0 Å². The Bertz CT molecular complexity index is 321. The zero-order valence-corrected chi connectivity index (χ0v) is 8.39. The van der Waals surface area contributed by atoms with Crippen molar-refractivity contribution in [1.29, 1.82) is 5.26 Å². The summed E-state index contributed by atoms with van der Waals surface area (Å²) in [6, 6.07) is 7.10. The van der Waals surface area contributed by atoms with Gasteiger partial charge in [0.1, 0.15) is 11.8 Å². The molecular formula is C8H5BrClNO. The minimum absolute atomic E-state index is 0.0152. The minimum Gasteiger partial charge on any atom is -0.477 e. The van der Waals surface area contributed by atoms with Gasteiger partial charge in [-0.15, -0.1) is 0 Å². The van der Waals surface area contributed by atoms with Crippen molar-refractivity contribution in [2.24, 2.45) is 0 Å². The Labute approximate surface area is 83.8 Å². The number of hydrogen-bond donors (Lipinski definition) is 0. The van der Waals surface area contributed by atoms with Gasteiger partial charge in [-0.1, -0.05) is 27.5 Å². The molecule has 0 radical (unpaired) electrons. The van der Waals surface area contributed by atoms with Crippen LogP contribution in [0.2, 0.25) is 5.02 Å². The summed E-state index contributed by atoms with van der Waals surface area (Å²) < 4.78 is 5.91. The molecule has 0 aliphatic heterocycles. The van der Waals surface area contributed by atoms with E-state index in [2.05, 4.69) is 15.9 Å². The second kappa shape index (κ2) is 4.34. The highest BCUT2D eigenvalue weighted by Crippen LogP contribution is 2.27. The Morgan fingerprint density at radius 2 is 2.33 bits per heavy atom. The molecule has 0 aliphatic carbocycles. The predicted molar refractivity (Wildman–Crippen MR) is 50.3 cm³/mol. The Hall–Kier alpha value is -0.720. The van der Waals surface area contributed by atoms with E-state index in [9.17, 15) is 0 Å². The molecule has 0 atom stereocenters. The van der Waals surface area contributed by atoms with Gasteiger partial charge in [0.2, 0.25) is 0 Å². The average molecular weight is 246 g/mol. The van der Waals surface area contributed by atoms with Crippen molar-refractivity contribution < 1.29 is 4.74 Å². The third-order valence-electron chi connectivity index (χ3n) is 1.19. The lowest BCUT2D eigenvalue weighted by Crippen LogP contribution is -1.93. The Balaban J connectivity index is 2.81. The van der Waals surface area contributed by atoms with Crippen molar-refractivity contribution >= 4 is 27.5 Å². The average Bonchev–Trinajstić information content (AvgIpc) is 2.03. The largest absolute Gasteiger partial charge is 0.477 e. The highest BCUT2D eigenvalue weighted by atomic mass is 79.9. The lowest BCUT2D eigenvalue weighted by molar-refractivity contribution is 0.368. The van der Waals surface area contributed by atoms with Crippen LogP contribution in [0, 0.1) is 11.3 Å². The van der Waals surface area contributed by atoms with Gasteiger partial charge in [0.25, 0.3) is 0 Å². The molecule has 0 fully saturated rings. The summed E-state index contributed by atoms with van der Waals surface area (Å²) in [5.74, 6) is 0.529. The van der Waals surface area contributed by atoms with Gasteiger partial charge in [-0.3, -0.25) is 0 Å². The first-order chi connectivity index (χ1) is 5.74. The van der Waals surface area contributed by atoms with Crippen LogP contribution in [0.1, 0.15) is 0 Å². The molecule has 0 heterocycles. The van der Waals surface area contributed by atoms with Crippen molar-refractivity contribution in [2.45, 2.75) is 0 Å². The normalized spacial score (nSPS) is 9.08. The van der Waals surface area contributed by atoms with Gasteiger partial charge in [0, 0.05) is 4.47 Å². The zero-order valence-electron chi connectivity index (χ0n) is 6.05. The Kier molecular flexibility index (Phi) is 3.39. The van der Waals surface area contributed by atoms with E-state index in [0.717, 1.165) is 4.47 Å². The van der Waals surface area contributed by atoms with Crippen molar-refractivity contribution in [3.63, 3.8) is 0 Å². The molecule has 12 heavy (non-hydrogen) atoms. The number of nitrogens with zero attached hydrogens (tertiary/aromatic N) is 1. The van der Waals surface area contributed by atoms with Gasteiger partial charge >= 0.3 is 0 Å². The molecule has 0 aliphatic rings. The highest BCUT2D eigenvalue weighted by Gasteiger charge is 2.00. The smallest absolute Gasteiger partial charge is 0.174 e. The summed E-state index contributed by atoms with van der Waals surface area (Å²) in [7, 11) is 0. The van der Waals surface area contributed by atoms with Gasteiger partial charge in [0.05, 0.1) is 5.02 Å². The fraction of sp³-hybridized carbons (Fsp3) is 0.125. The first-order valence-corrected chi connectivity index (χ1v) is 4.36. The molecular weight excluding hydrogens is 241 g/mol. The summed E-state index contributed by atoms with van der Waals surface area (Å²) in [4.78, 5) is 0. The number of halogens is 2. The number of benzene rings is 1. The Morgan fingerprint density at radius 1 is 1.58 bits per heavy atom. The molecule has 0 spiro atoms. The third-order valence-corrected chi connectivity index (χ3v) is 1.97. The first-order valence-electron chi connectivity index (χ1n) is 3.19. The standard InChI is InChI=1S/C8H5BrClNO/c9-6-1-2-8(7(10)5-6)12-4-3-11/h1-2,5H,4H2. The fourth-order valence-corrected chi connectivity index (χ4v) is 1.43. The molecule has 0 amide bonds. The van der Waals surface area contributed by atoms with Crippen molar-refractivity contribution in [3.05, 3.63) is 27.7 Å². The van der Waals surface area contributed by atoms with Crippen LogP contribution < -0.4 is 4.74 Å². The van der Waals surface area contributed by atoms with Crippen LogP contribution in [0.5, 0.6) is 5.75 Å². The van der Waals surface area contributed by atoms with Crippen LogP contribution in [0.15, 0.2) is 22.7 Å². The monoisotopic (exact) mass is 245 g/mol. The number of rotatable bonds is 2. The van der Waals surface area contributed by atoms with Crippen molar-refractivity contribution in [3.8, 4) is 11.8 Å². The molecule has 1 aromatic carbocycles. The van der Waals surface area contributed by atoms with Crippen molar-refractivity contribution in [1.82, 2.24) is 0 Å². The third kappa shape index (κ3) is 2.40. The van der Waals surface area contributed by atoms with Gasteiger partial charge in [-0.2, -0.15) is 5.26 Å². The van der Waals surface area contributed by atoms with Crippen LogP contribution in [-0.2, 0) is 0 Å². The van der Waals surface area contributed by atoms with E-state index in [4.69, 9.17) is 21.6 Å². The molecule has 1 rings (SSSR count). The highest BCUT2D eigenvalue weighted by molar-refractivity contribution is 9.10. The van der Waals surface area contributed by atoms with Crippen LogP contribution in [-0.4, -0.2) is 6.61 Å². The second-order valence-electron chi connectivity index (χ2n) is 2.02. The summed E-state index contributed by atoms with van der Waals surface area (Å²) in [6.07, 6.45) is 0. The molecule has 0 bridgehead atoms. The maximum Gasteiger partial charge on any atom is 0.174 e. The quantitative estimate of drug-likeness (QED) is 0.804. The molecule has 4 heteroatoms. The topological polar surface area (TPSA) is 33.0 Å². The number of nitriles is 1. The van der Waals surface area contributed by atoms with Crippen LogP contribution in [0.25, 0.3) is 0 Å². The summed E-state index contributed by atoms with van der Waals surface area (Å²) in [5, 5.41) is 8.75. The summed E-state index contributed by atoms with van der Waals surface area (Å²) in [5.41, 5.74) is 0. The maximum absolute atomic E-state index is 8.25. The van der Waals surface area contributed by atoms with Crippen LogP contribution >= 0.6 is 27.5 Å². The summed E-state index contributed by atoms with van der Waals surface area (Å²) >= 11 is 9.06. The lowest BCUT2D eigenvalue weighted by atomic mass is 10.3. The molecule has 62 valence electrons. The van der Waals surface area contributed by atoms with Crippen LogP contribution in [0.3, 0.4) is 0 Å². The first kappa shape index (κ1) is 9.37. The number of ether oxygens (including phenoxy) is 1. The Morgan fingerprint density at radius 3 is 2.92 bits per heavy atom. The van der Waals surface area contributed by atoms with E-state index in [1.807, 2.05) is 6.07 Å². The zero-order chi connectivity index (χ0) is 8.97. The second-order valence-corrected chi connectivity index (χ2v) is 3.34. The van der Waals surface area contributed by atoms with E-state index in [-0.39, 0.29) is 6.61 Å². The molecule has 2 nitrogen and oxygen atoms in total. The molecule has 0 unspecified atom stereocenters. The predicted octanol–water partition coefficient (Wildman–Crippen LogP) is 3.00. The van der Waals surface area contributed by atoms with E-state index in [1.165, 1.54) is 0 Å². The molecule has 0 aromatic heterocycles.